The number of unbranched alkanes of at least 4 members (excludes halogenated alkanes) is 29. The van der Waals surface area contributed by atoms with Crippen LogP contribution in [0.2, 0.25) is 0 Å². The molecule has 0 aliphatic rings. The summed E-state index contributed by atoms with van der Waals surface area (Å²) in [6.45, 7) is 4.50. The van der Waals surface area contributed by atoms with E-state index >= 15 is 0 Å². The summed E-state index contributed by atoms with van der Waals surface area (Å²) < 4.78 is 10.6. The maximum atomic E-state index is 12.5. The van der Waals surface area contributed by atoms with E-state index in [1.165, 1.54) is 154 Å². The van der Waals surface area contributed by atoms with Gasteiger partial charge in [-0.2, -0.15) is 0 Å². The Morgan fingerprint density at radius 3 is 0.915 bits per heavy atom. The normalized spacial score (nSPS) is 11.7. The molecule has 0 saturated heterocycles. The van der Waals surface area contributed by atoms with Crippen molar-refractivity contribution in [3.8, 4) is 0 Å². The molecule has 6 heteroatoms. The number of aliphatic hydroxyl groups excluding tert-OH is 1. The highest BCUT2D eigenvalue weighted by Crippen LogP contribution is 2.22. The van der Waals surface area contributed by atoms with Crippen molar-refractivity contribution in [2.45, 2.75) is 245 Å². The van der Waals surface area contributed by atoms with Gasteiger partial charge in [-0.1, -0.05) is 194 Å². The van der Waals surface area contributed by atoms with Crippen LogP contribution in [0.3, 0.4) is 0 Å². The summed E-state index contributed by atoms with van der Waals surface area (Å²) >= 11 is 0. The van der Waals surface area contributed by atoms with Gasteiger partial charge in [0.15, 0.2) is 0 Å². The lowest BCUT2D eigenvalue weighted by molar-refractivity contribution is -0.328. The van der Waals surface area contributed by atoms with Gasteiger partial charge in [0.25, 0.3) is 0 Å². The van der Waals surface area contributed by atoms with Gasteiger partial charge >= 0.3 is 17.9 Å². The summed E-state index contributed by atoms with van der Waals surface area (Å²) in [6.07, 6.45) is 38.8. The number of hydrogen-bond acceptors (Lipinski definition) is 6. The first-order valence-corrected chi connectivity index (χ1v) is 20.7. The van der Waals surface area contributed by atoms with Crippen molar-refractivity contribution in [3.05, 3.63) is 0 Å². The molecule has 0 fully saturated rings. The Kier molecular flexibility index (Phi) is 35.3. The van der Waals surface area contributed by atoms with Crippen molar-refractivity contribution >= 4 is 11.9 Å². The zero-order valence-corrected chi connectivity index (χ0v) is 31.5. The van der Waals surface area contributed by atoms with Gasteiger partial charge in [0.1, 0.15) is 0 Å². The van der Waals surface area contributed by atoms with Crippen LogP contribution in [0.4, 0.5) is 0 Å². The van der Waals surface area contributed by atoms with Gasteiger partial charge < -0.3 is 19.7 Å². The Bertz CT molecular complexity index is 618. The molecule has 47 heavy (non-hydrogen) atoms. The molecular formula is C41H80O6. The summed E-state index contributed by atoms with van der Waals surface area (Å²) in [5, 5.41) is 20.0. The Hall–Kier alpha value is -1.14. The fourth-order valence-corrected chi connectivity index (χ4v) is 6.32. The average Bonchev–Trinajstić information content (AvgIpc) is 3.04. The number of hydrogen-bond donors (Lipinski definition) is 2. The minimum absolute atomic E-state index is 0.0250. The van der Waals surface area contributed by atoms with Crippen LogP contribution in [0.1, 0.15) is 239 Å². The molecular weight excluding hydrogens is 588 g/mol. The van der Waals surface area contributed by atoms with Crippen LogP contribution in [-0.2, 0) is 19.1 Å². The average molecular weight is 669 g/mol. The number of esters is 2. The molecule has 0 spiro atoms. The van der Waals surface area contributed by atoms with Crippen molar-refractivity contribution < 1.29 is 29.3 Å². The van der Waals surface area contributed by atoms with E-state index in [0.29, 0.717) is 25.7 Å². The second-order valence-electron chi connectivity index (χ2n) is 14.2. The molecule has 280 valence electrons. The molecule has 0 aliphatic heterocycles. The zero-order chi connectivity index (χ0) is 34.5. The molecule has 0 aliphatic carbocycles. The van der Waals surface area contributed by atoms with Crippen LogP contribution >= 0.6 is 0 Å². The van der Waals surface area contributed by atoms with Gasteiger partial charge in [-0.25, -0.2) is 0 Å². The van der Waals surface area contributed by atoms with Gasteiger partial charge in [-0.05, 0) is 25.7 Å². The molecule has 0 aromatic carbocycles. The largest absolute Gasteiger partial charge is 0.398 e. The molecule has 0 radical (unpaired) electrons. The van der Waals surface area contributed by atoms with Crippen molar-refractivity contribution in [1.82, 2.24) is 0 Å². The predicted octanol–water partition coefficient (Wildman–Crippen LogP) is 12.4. The summed E-state index contributed by atoms with van der Waals surface area (Å²) in [5.41, 5.74) is 0. The highest BCUT2D eigenvalue weighted by molar-refractivity contribution is 5.71. The molecule has 6 nitrogen and oxygen atoms in total. The maximum Gasteiger partial charge on any atom is 0.373 e. The highest BCUT2D eigenvalue weighted by atomic mass is 16.8. The molecule has 0 saturated carbocycles. The quantitative estimate of drug-likeness (QED) is 0.0386. The lowest BCUT2D eigenvalue weighted by Gasteiger charge is -2.27. The molecule has 2 N–H and O–H groups in total. The molecule has 0 bridgehead atoms. The van der Waals surface area contributed by atoms with Crippen LogP contribution in [0.5, 0.6) is 0 Å². The van der Waals surface area contributed by atoms with E-state index in [9.17, 15) is 14.7 Å². The minimum atomic E-state index is -2.24. The molecule has 0 rings (SSSR count). The fourth-order valence-electron chi connectivity index (χ4n) is 6.32. The molecule has 0 unspecified atom stereocenters. The second-order valence-corrected chi connectivity index (χ2v) is 14.2. The molecule has 0 atom stereocenters. The topological polar surface area (TPSA) is 93.1 Å². The molecule has 0 heterocycles. The zero-order valence-electron chi connectivity index (χ0n) is 31.5. The lowest BCUT2D eigenvalue weighted by Crippen LogP contribution is -2.40. The van der Waals surface area contributed by atoms with Crippen LogP contribution in [0.15, 0.2) is 0 Å². The molecule has 0 aromatic heterocycles. The fraction of sp³-hybridized carbons (Fsp3) is 0.951. The van der Waals surface area contributed by atoms with Gasteiger partial charge in [0, 0.05) is 19.4 Å². The number of carbonyl (C=O) groups excluding carboxylic acids is 2. The first kappa shape index (κ1) is 45.9. The van der Waals surface area contributed by atoms with Crippen LogP contribution in [0, 0.1) is 0 Å². The lowest BCUT2D eigenvalue weighted by atomic mass is 10.0. The summed E-state index contributed by atoms with van der Waals surface area (Å²) in [7, 11) is 0. The van der Waals surface area contributed by atoms with Crippen molar-refractivity contribution in [1.29, 1.82) is 0 Å². The van der Waals surface area contributed by atoms with Gasteiger partial charge in [0.05, 0.1) is 6.42 Å². The van der Waals surface area contributed by atoms with Crippen molar-refractivity contribution in [2.24, 2.45) is 0 Å². The number of ether oxygens (including phenoxy) is 2. The first-order valence-electron chi connectivity index (χ1n) is 20.7. The van der Waals surface area contributed by atoms with E-state index in [2.05, 4.69) is 13.8 Å². The van der Waals surface area contributed by atoms with E-state index in [-0.39, 0.29) is 25.9 Å². The van der Waals surface area contributed by atoms with Gasteiger partial charge in [-0.3, -0.25) is 9.59 Å². The third-order valence-corrected chi connectivity index (χ3v) is 9.42. The SMILES string of the molecule is CCCCCCCCCCCCCCCCCC(=O)OC(O)(CCCCO)OC(=O)CCCCCCCCCCCCCCCCC. The maximum absolute atomic E-state index is 12.5. The summed E-state index contributed by atoms with van der Waals surface area (Å²) in [5.74, 6) is -3.31. The van der Waals surface area contributed by atoms with Crippen LogP contribution < -0.4 is 0 Å². The third kappa shape index (κ3) is 34.5. The smallest absolute Gasteiger partial charge is 0.373 e. The van der Waals surface area contributed by atoms with Gasteiger partial charge in [0.2, 0.25) is 0 Å². The van der Waals surface area contributed by atoms with Crippen molar-refractivity contribution in [3.63, 3.8) is 0 Å². The Labute approximate surface area is 291 Å². The minimum Gasteiger partial charge on any atom is -0.398 e. The predicted molar refractivity (Wildman–Crippen MR) is 197 cm³/mol. The van der Waals surface area contributed by atoms with E-state index in [4.69, 9.17) is 14.6 Å². The van der Waals surface area contributed by atoms with E-state index in [1.807, 2.05) is 0 Å². The molecule has 0 amide bonds. The molecule has 0 aromatic rings. The van der Waals surface area contributed by atoms with E-state index < -0.39 is 17.9 Å². The van der Waals surface area contributed by atoms with Crippen LogP contribution in [-0.4, -0.2) is 34.7 Å². The van der Waals surface area contributed by atoms with E-state index in [0.717, 1.165) is 25.7 Å². The highest BCUT2D eigenvalue weighted by Gasteiger charge is 2.35. The standard InChI is InChI=1S/C41H80O6/c1-3-5-7-9-11-13-15-17-19-21-23-25-27-29-31-35-39(43)46-41(45,37-33-34-38-42)47-40(44)36-32-30-28-26-24-22-20-18-16-14-12-10-8-6-4-2/h42,45H,3-38H2,1-2H3. The second kappa shape index (κ2) is 36.1. The number of aliphatic hydroxyl groups is 2. The van der Waals surface area contributed by atoms with Crippen LogP contribution in [0.25, 0.3) is 0 Å². The van der Waals surface area contributed by atoms with E-state index in [1.54, 1.807) is 0 Å². The van der Waals surface area contributed by atoms with Crippen molar-refractivity contribution in [2.75, 3.05) is 6.61 Å². The number of rotatable bonds is 38. The Balaban J connectivity index is 3.92. The summed E-state index contributed by atoms with van der Waals surface area (Å²) in [6, 6.07) is 0. The Morgan fingerprint density at radius 1 is 0.404 bits per heavy atom. The number of carbonyl (C=O) groups is 2. The first-order chi connectivity index (χ1) is 23.0. The summed E-state index contributed by atoms with van der Waals surface area (Å²) in [4.78, 5) is 25.0. The Morgan fingerprint density at radius 2 is 0.660 bits per heavy atom. The van der Waals surface area contributed by atoms with Gasteiger partial charge in [-0.15, -0.1) is 0 Å². The monoisotopic (exact) mass is 669 g/mol. The third-order valence-electron chi connectivity index (χ3n) is 9.42.